The maximum atomic E-state index is 5.37. The van der Waals surface area contributed by atoms with Gasteiger partial charge in [0, 0.05) is 16.7 Å². The van der Waals surface area contributed by atoms with Gasteiger partial charge in [0.25, 0.3) is 0 Å². The zero-order chi connectivity index (χ0) is 72.2. The van der Waals surface area contributed by atoms with Crippen LogP contribution in [0.3, 0.4) is 0 Å². The molecule has 0 saturated heterocycles. The van der Waals surface area contributed by atoms with E-state index in [9.17, 15) is 0 Å². The quantitative estimate of drug-likeness (QED) is 0.109. The first kappa shape index (κ1) is 64.4. The van der Waals surface area contributed by atoms with Crippen LogP contribution in [0.5, 0.6) is 0 Å². The molecule has 17 aromatic carbocycles. The lowest BCUT2D eigenvalue weighted by Crippen LogP contribution is -2.25. The summed E-state index contributed by atoms with van der Waals surface area (Å²) in [4.78, 5) is 16.0. The number of aromatic nitrogens is 3. The van der Waals surface area contributed by atoms with Crippen LogP contribution >= 0.6 is 0 Å². The van der Waals surface area contributed by atoms with E-state index < -0.39 is 5.41 Å². The van der Waals surface area contributed by atoms with Gasteiger partial charge in [-0.25, -0.2) is 15.0 Å². The molecule has 2 aliphatic carbocycles. The fourth-order valence-electron chi connectivity index (χ4n) is 16.8. The summed E-state index contributed by atoms with van der Waals surface area (Å²) in [5, 5.41) is 0. The number of benzene rings is 17. The molecule has 1 spiro atoms. The zero-order valence-electron chi connectivity index (χ0n) is 59.7. The van der Waals surface area contributed by atoms with E-state index in [0.29, 0.717) is 17.5 Å². The molecule has 3 heteroatoms. The molecule has 20 rings (SSSR count). The van der Waals surface area contributed by atoms with Crippen LogP contribution in [0.4, 0.5) is 0 Å². The number of fused-ring (bicyclic) bond motifs is 10. The van der Waals surface area contributed by atoms with Gasteiger partial charge in [0.05, 0.1) is 5.41 Å². The monoisotopic (exact) mass is 1380 g/mol. The lowest BCUT2D eigenvalue weighted by molar-refractivity contribution is 0.794. The first-order chi connectivity index (χ1) is 53.9. The van der Waals surface area contributed by atoms with E-state index in [-0.39, 0.29) is 0 Å². The molecule has 0 unspecified atom stereocenters. The van der Waals surface area contributed by atoms with Crippen LogP contribution in [0, 0.1) is 0 Å². The van der Waals surface area contributed by atoms with Crippen LogP contribution in [-0.2, 0) is 5.41 Å². The Balaban J connectivity index is 0.608. The highest BCUT2D eigenvalue weighted by Gasteiger charge is 2.51. The van der Waals surface area contributed by atoms with Gasteiger partial charge in [-0.3, -0.25) is 0 Å². The van der Waals surface area contributed by atoms with Gasteiger partial charge in [0.1, 0.15) is 0 Å². The van der Waals surface area contributed by atoms with Crippen molar-refractivity contribution in [3.8, 4) is 179 Å². The van der Waals surface area contributed by atoms with E-state index in [4.69, 9.17) is 15.0 Å². The van der Waals surface area contributed by atoms with E-state index >= 15 is 0 Å². The minimum absolute atomic E-state index is 0.400. The molecule has 3 nitrogen and oxygen atoms in total. The van der Waals surface area contributed by atoms with Crippen molar-refractivity contribution in [2.24, 2.45) is 0 Å². The van der Waals surface area contributed by atoms with Gasteiger partial charge in [0.2, 0.25) is 0 Å². The maximum absolute atomic E-state index is 5.37. The second kappa shape index (κ2) is 27.3. The van der Waals surface area contributed by atoms with Gasteiger partial charge in [-0.2, -0.15) is 0 Å². The van der Waals surface area contributed by atoms with Crippen LogP contribution in [0.25, 0.3) is 179 Å². The molecule has 0 bridgehead atoms. The average Bonchev–Trinajstić information content (AvgIpc) is 1.51. The lowest BCUT2D eigenvalue weighted by Gasteiger charge is -2.30. The topological polar surface area (TPSA) is 38.7 Å². The molecule has 0 atom stereocenters. The number of nitrogens with zero attached hydrogens (tertiary/aromatic N) is 3. The van der Waals surface area contributed by atoms with Crippen molar-refractivity contribution >= 4 is 0 Å². The molecule has 1 aromatic heterocycles. The van der Waals surface area contributed by atoms with E-state index in [2.05, 4.69) is 419 Å². The standard InChI is InChI=1S/C106H69N3/c1-3-23-70(24-4-1)74-27-13-30-77(59-74)79-32-15-29-76(61-79)72-53-55-73(56-54-72)103-107-104(93-45-21-43-90(67-93)87-40-18-33-80(64-87)78-31-14-28-75(60-78)71-25-5-2-6-26-71)109-105(108-103)94-46-22-44-91(68-94)88-41-19-38-85(65-88)83-36-16-34-81(62-83)82-35-17-37-84(63-82)86-39-20-42-89(66-86)92-57-58-98-97-49-9-12-52-101(97)106(102(98)69-92)99-50-10-7-47-95(99)96-48-8-11-51-100(96)106/h1-69H. The summed E-state index contributed by atoms with van der Waals surface area (Å²) >= 11 is 0. The third-order valence-corrected chi connectivity index (χ3v) is 22.1. The Morgan fingerprint density at radius 2 is 0.303 bits per heavy atom. The molecular formula is C106H69N3. The summed E-state index contributed by atoms with van der Waals surface area (Å²) < 4.78 is 0. The second-order valence-electron chi connectivity index (χ2n) is 28.6. The Morgan fingerprint density at radius 3 is 0.596 bits per heavy atom. The molecule has 2 aliphatic rings. The fourth-order valence-corrected chi connectivity index (χ4v) is 16.8. The van der Waals surface area contributed by atoms with Crippen LogP contribution < -0.4 is 0 Å². The zero-order valence-corrected chi connectivity index (χ0v) is 59.7. The van der Waals surface area contributed by atoms with Crippen LogP contribution in [-0.4, -0.2) is 15.0 Å². The molecule has 0 aliphatic heterocycles. The molecule has 0 radical (unpaired) electrons. The summed E-state index contributed by atoms with van der Waals surface area (Å²) in [5.74, 6) is 1.77. The van der Waals surface area contributed by atoms with Crippen molar-refractivity contribution < 1.29 is 0 Å². The highest BCUT2D eigenvalue weighted by molar-refractivity contribution is 5.97. The largest absolute Gasteiger partial charge is 0.208 e. The van der Waals surface area contributed by atoms with Gasteiger partial charge in [-0.05, 0) is 234 Å². The van der Waals surface area contributed by atoms with Crippen LogP contribution in [0.1, 0.15) is 22.3 Å². The average molecular weight is 1380 g/mol. The maximum Gasteiger partial charge on any atom is 0.164 e. The van der Waals surface area contributed by atoms with Crippen molar-refractivity contribution in [3.05, 3.63) is 441 Å². The molecule has 0 N–H and O–H groups in total. The summed E-state index contributed by atoms with van der Waals surface area (Å²) in [6.45, 7) is 0. The van der Waals surface area contributed by atoms with Crippen LogP contribution in [0.2, 0.25) is 0 Å². The summed E-state index contributed by atoms with van der Waals surface area (Å²) in [5.41, 5.74) is 38.2. The summed E-state index contributed by atoms with van der Waals surface area (Å²) in [6.07, 6.45) is 0. The SMILES string of the molecule is c1ccc(-c2cccc(-c3cccc(-c4ccc(-c5nc(-c6cccc(-c7cccc(-c8cccc(-c9ccccc9)c8)c7)c6)nc(-c6cccc(-c7cccc(-c8cccc(-c9cccc(-c%10cccc(-c%11ccc%12c(c%11)C%11(c%13ccccc%13-c%13ccccc%13%11)c%11ccccc%11-%12)c%10)c9)c8)c7)c6)n5)cc4)c3)c2)cc1. The van der Waals surface area contributed by atoms with Crippen LogP contribution in [0.15, 0.2) is 419 Å². The van der Waals surface area contributed by atoms with Gasteiger partial charge in [-0.1, -0.05) is 352 Å². The Bertz CT molecular complexity index is 6480. The Labute approximate surface area is 635 Å². The smallest absolute Gasteiger partial charge is 0.164 e. The van der Waals surface area contributed by atoms with E-state index in [1.807, 2.05) is 0 Å². The first-order valence-electron chi connectivity index (χ1n) is 37.4. The normalized spacial score (nSPS) is 12.1. The molecule has 0 saturated carbocycles. The third-order valence-electron chi connectivity index (χ3n) is 22.1. The van der Waals surface area contributed by atoms with E-state index in [0.717, 1.165) is 89.0 Å². The summed E-state index contributed by atoms with van der Waals surface area (Å²) in [6, 6.07) is 152. The van der Waals surface area contributed by atoms with Crippen molar-refractivity contribution in [1.82, 2.24) is 15.0 Å². The van der Waals surface area contributed by atoms with Crippen molar-refractivity contribution in [3.63, 3.8) is 0 Å². The number of hydrogen-bond donors (Lipinski definition) is 0. The molecule has 1 heterocycles. The highest BCUT2D eigenvalue weighted by atomic mass is 15.0. The van der Waals surface area contributed by atoms with Crippen molar-refractivity contribution in [2.45, 2.75) is 5.41 Å². The van der Waals surface area contributed by atoms with Crippen molar-refractivity contribution in [2.75, 3.05) is 0 Å². The highest BCUT2D eigenvalue weighted by Crippen LogP contribution is 2.63. The molecule has 0 amide bonds. The van der Waals surface area contributed by atoms with Gasteiger partial charge in [-0.15, -0.1) is 0 Å². The molecular weight excluding hydrogens is 1320 g/mol. The fraction of sp³-hybridized carbons (Fsp3) is 0.00943. The van der Waals surface area contributed by atoms with Gasteiger partial charge in [0.15, 0.2) is 17.5 Å². The Morgan fingerprint density at radius 1 is 0.119 bits per heavy atom. The molecule has 109 heavy (non-hydrogen) atoms. The Hall–Kier alpha value is -14.3. The predicted molar refractivity (Wildman–Crippen MR) is 452 cm³/mol. The van der Waals surface area contributed by atoms with Crippen molar-refractivity contribution in [1.29, 1.82) is 0 Å². The predicted octanol–water partition coefficient (Wildman–Crippen LogP) is 27.6. The summed E-state index contributed by atoms with van der Waals surface area (Å²) in [7, 11) is 0. The van der Waals surface area contributed by atoms with E-state index in [1.54, 1.807) is 0 Å². The third kappa shape index (κ3) is 11.9. The minimum Gasteiger partial charge on any atom is -0.208 e. The molecule has 0 fully saturated rings. The minimum atomic E-state index is -0.400. The number of rotatable bonds is 14. The lowest BCUT2D eigenvalue weighted by atomic mass is 9.70. The number of hydrogen-bond acceptors (Lipinski definition) is 3. The van der Waals surface area contributed by atoms with E-state index in [1.165, 1.54) is 94.6 Å². The second-order valence-corrected chi connectivity index (χ2v) is 28.6. The van der Waals surface area contributed by atoms with Gasteiger partial charge >= 0.3 is 0 Å². The van der Waals surface area contributed by atoms with Gasteiger partial charge < -0.3 is 0 Å². The molecule has 508 valence electrons. The molecule has 18 aromatic rings. The Kier molecular flexibility index (Phi) is 16.1. The first-order valence-corrected chi connectivity index (χ1v) is 37.4.